The highest BCUT2D eigenvalue weighted by molar-refractivity contribution is 6.04. The van der Waals surface area contributed by atoms with Crippen molar-refractivity contribution >= 4 is 22.7 Å². The zero-order valence-corrected chi connectivity index (χ0v) is 11.3. The molecule has 1 aromatic carbocycles. The Morgan fingerprint density at radius 1 is 1.15 bits per heavy atom. The Morgan fingerprint density at radius 2 is 2.00 bits per heavy atom. The van der Waals surface area contributed by atoms with E-state index in [1.165, 1.54) is 0 Å². The molecule has 1 N–H and O–H groups in total. The second-order valence-electron chi connectivity index (χ2n) is 4.77. The second kappa shape index (κ2) is 4.81. The van der Waals surface area contributed by atoms with Gasteiger partial charge in [0, 0.05) is 11.1 Å². The number of aromatic nitrogens is 1. The smallest absolute Gasteiger partial charge is 0.292 e. The molecule has 3 aromatic rings. The number of anilines is 1. The van der Waals surface area contributed by atoms with E-state index in [1.54, 1.807) is 12.1 Å². The van der Waals surface area contributed by atoms with Crippen molar-refractivity contribution in [3.63, 3.8) is 0 Å². The van der Waals surface area contributed by atoms with Gasteiger partial charge in [-0.1, -0.05) is 17.7 Å². The first-order valence-electron chi connectivity index (χ1n) is 6.37. The van der Waals surface area contributed by atoms with Crippen LogP contribution in [0.1, 0.15) is 21.8 Å². The summed E-state index contributed by atoms with van der Waals surface area (Å²) in [6.07, 6.45) is 0. The van der Waals surface area contributed by atoms with E-state index in [0.29, 0.717) is 11.4 Å². The highest BCUT2D eigenvalue weighted by Crippen LogP contribution is 2.21. The summed E-state index contributed by atoms with van der Waals surface area (Å²) in [4.78, 5) is 16.4. The van der Waals surface area contributed by atoms with Crippen molar-refractivity contribution < 1.29 is 9.21 Å². The van der Waals surface area contributed by atoms with Gasteiger partial charge in [0.05, 0.1) is 0 Å². The topological polar surface area (TPSA) is 55.1 Å². The number of hydrogen-bond acceptors (Lipinski definition) is 3. The van der Waals surface area contributed by atoms with E-state index in [0.717, 1.165) is 16.6 Å². The van der Waals surface area contributed by atoms with Crippen molar-refractivity contribution in [3.05, 3.63) is 59.5 Å². The Balaban J connectivity index is 1.88. The van der Waals surface area contributed by atoms with Crippen molar-refractivity contribution in [2.45, 2.75) is 13.8 Å². The van der Waals surface area contributed by atoms with E-state index in [-0.39, 0.29) is 11.7 Å². The van der Waals surface area contributed by atoms with Crippen molar-refractivity contribution in [1.82, 2.24) is 4.98 Å². The highest BCUT2D eigenvalue weighted by Gasteiger charge is 2.13. The fourth-order valence-corrected chi connectivity index (χ4v) is 2.07. The molecule has 2 aromatic heterocycles. The van der Waals surface area contributed by atoms with Crippen LogP contribution >= 0.6 is 0 Å². The molecule has 0 saturated heterocycles. The Hall–Kier alpha value is -2.62. The van der Waals surface area contributed by atoms with Crippen molar-refractivity contribution in [2.24, 2.45) is 0 Å². The lowest BCUT2D eigenvalue weighted by molar-refractivity contribution is 0.0998. The van der Waals surface area contributed by atoms with Gasteiger partial charge in [0.25, 0.3) is 5.91 Å². The molecule has 100 valence electrons. The lowest BCUT2D eigenvalue weighted by atomic mass is 10.2. The first-order valence-corrected chi connectivity index (χ1v) is 6.37. The van der Waals surface area contributed by atoms with E-state index < -0.39 is 0 Å². The minimum atomic E-state index is -0.294. The summed E-state index contributed by atoms with van der Waals surface area (Å²) < 4.78 is 5.55. The van der Waals surface area contributed by atoms with Gasteiger partial charge in [-0.3, -0.25) is 4.79 Å². The van der Waals surface area contributed by atoms with Crippen LogP contribution in [0.4, 0.5) is 5.82 Å². The maximum Gasteiger partial charge on any atom is 0.292 e. The molecule has 0 aliphatic rings. The van der Waals surface area contributed by atoms with Gasteiger partial charge in [0.2, 0.25) is 0 Å². The predicted octanol–water partition coefficient (Wildman–Crippen LogP) is 3.70. The van der Waals surface area contributed by atoms with E-state index in [4.69, 9.17) is 4.42 Å². The number of carbonyl (C=O) groups is 1. The molecule has 0 aliphatic carbocycles. The molecule has 0 radical (unpaired) electrons. The van der Waals surface area contributed by atoms with Crippen molar-refractivity contribution in [2.75, 3.05) is 5.32 Å². The number of pyridine rings is 1. The van der Waals surface area contributed by atoms with E-state index in [2.05, 4.69) is 10.3 Å². The molecule has 3 rings (SSSR count). The van der Waals surface area contributed by atoms with Crippen LogP contribution in [-0.4, -0.2) is 10.9 Å². The van der Waals surface area contributed by atoms with Gasteiger partial charge in [-0.2, -0.15) is 0 Å². The molecule has 0 atom stereocenters. The number of nitrogens with zero attached hydrogens (tertiary/aromatic N) is 1. The SMILES string of the molecule is Cc1ccc2oc(C(=O)Nc3cccc(C)n3)cc2c1. The van der Waals surface area contributed by atoms with Crippen LogP contribution in [-0.2, 0) is 0 Å². The van der Waals surface area contributed by atoms with E-state index in [9.17, 15) is 4.79 Å². The van der Waals surface area contributed by atoms with E-state index >= 15 is 0 Å². The average Bonchev–Trinajstić information content (AvgIpc) is 2.81. The third kappa shape index (κ3) is 2.40. The predicted molar refractivity (Wildman–Crippen MR) is 77.9 cm³/mol. The number of carbonyl (C=O) groups excluding carboxylic acids is 1. The lowest BCUT2D eigenvalue weighted by Gasteiger charge is -2.02. The van der Waals surface area contributed by atoms with Crippen LogP contribution in [0, 0.1) is 13.8 Å². The van der Waals surface area contributed by atoms with Gasteiger partial charge in [-0.05, 0) is 44.2 Å². The minimum Gasteiger partial charge on any atom is -0.451 e. The minimum absolute atomic E-state index is 0.286. The fraction of sp³-hybridized carbons (Fsp3) is 0.125. The number of benzene rings is 1. The zero-order valence-electron chi connectivity index (χ0n) is 11.3. The van der Waals surface area contributed by atoms with Crippen LogP contribution in [0.25, 0.3) is 11.0 Å². The second-order valence-corrected chi connectivity index (χ2v) is 4.77. The van der Waals surface area contributed by atoms with Gasteiger partial charge >= 0.3 is 0 Å². The molecule has 4 heteroatoms. The quantitative estimate of drug-likeness (QED) is 0.769. The molecule has 0 bridgehead atoms. The van der Waals surface area contributed by atoms with Crippen LogP contribution in [0.5, 0.6) is 0 Å². The number of rotatable bonds is 2. The molecule has 4 nitrogen and oxygen atoms in total. The number of nitrogens with one attached hydrogen (secondary N) is 1. The average molecular weight is 266 g/mol. The van der Waals surface area contributed by atoms with Gasteiger partial charge in [0.15, 0.2) is 5.76 Å². The number of aryl methyl sites for hydroxylation is 2. The van der Waals surface area contributed by atoms with Gasteiger partial charge < -0.3 is 9.73 Å². The van der Waals surface area contributed by atoms with Crippen molar-refractivity contribution in [1.29, 1.82) is 0 Å². The molecule has 20 heavy (non-hydrogen) atoms. The van der Waals surface area contributed by atoms with Gasteiger partial charge in [-0.25, -0.2) is 4.98 Å². The third-order valence-corrected chi connectivity index (χ3v) is 3.03. The number of hydrogen-bond donors (Lipinski definition) is 1. The standard InChI is InChI=1S/C16H14N2O2/c1-10-6-7-13-12(8-10)9-14(20-13)16(19)18-15-5-3-4-11(2)17-15/h3-9H,1-2H3,(H,17,18,19). The first-order chi connectivity index (χ1) is 9.61. The summed E-state index contributed by atoms with van der Waals surface area (Å²) in [5, 5.41) is 3.65. The maximum absolute atomic E-state index is 12.1. The summed E-state index contributed by atoms with van der Waals surface area (Å²) >= 11 is 0. The van der Waals surface area contributed by atoms with Crippen LogP contribution in [0.3, 0.4) is 0 Å². The molecule has 2 heterocycles. The Labute approximate surface area is 116 Å². The van der Waals surface area contributed by atoms with Crippen LogP contribution in [0.15, 0.2) is 46.9 Å². The highest BCUT2D eigenvalue weighted by atomic mass is 16.3. The summed E-state index contributed by atoms with van der Waals surface area (Å²) in [6.45, 7) is 3.88. The molecular formula is C16H14N2O2. The molecular weight excluding hydrogens is 252 g/mol. The lowest BCUT2D eigenvalue weighted by Crippen LogP contribution is -2.12. The Morgan fingerprint density at radius 3 is 2.80 bits per heavy atom. The summed E-state index contributed by atoms with van der Waals surface area (Å²) in [6, 6.07) is 13.0. The van der Waals surface area contributed by atoms with Crippen LogP contribution < -0.4 is 5.32 Å². The molecule has 0 saturated carbocycles. The molecule has 1 amide bonds. The van der Waals surface area contributed by atoms with Gasteiger partial charge in [-0.15, -0.1) is 0 Å². The number of furan rings is 1. The van der Waals surface area contributed by atoms with Crippen LogP contribution in [0.2, 0.25) is 0 Å². The number of amides is 1. The monoisotopic (exact) mass is 266 g/mol. The Kier molecular flexibility index (Phi) is 2.99. The first kappa shape index (κ1) is 12.4. The molecule has 0 spiro atoms. The molecule has 0 aliphatic heterocycles. The molecule has 0 fully saturated rings. The molecule has 0 unspecified atom stereocenters. The normalized spacial score (nSPS) is 10.7. The van der Waals surface area contributed by atoms with E-state index in [1.807, 2.05) is 44.2 Å². The largest absolute Gasteiger partial charge is 0.451 e. The zero-order chi connectivity index (χ0) is 14.1. The van der Waals surface area contributed by atoms with Gasteiger partial charge in [0.1, 0.15) is 11.4 Å². The third-order valence-electron chi connectivity index (χ3n) is 3.03. The summed E-state index contributed by atoms with van der Waals surface area (Å²) in [5.41, 5.74) is 2.69. The maximum atomic E-state index is 12.1. The fourth-order valence-electron chi connectivity index (χ4n) is 2.07. The Bertz CT molecular complexity index is 790. The summed E-state index contributed by atoms with van der Waals surface area (Å²) in [5.74, 6) is 0.512. The van der Waals surface area contributed by atoms with Crippen molar-refractivity contribution in [3.8, 4) is 0 Å². The number of fused-ring (bicyclic) bond motifs is 1. The summed E-state index contributed by atoms with van der Waals surface area (Å²) in [7, 11) is 0.